The van der Waals surface area contributed by atoms with Gasteiger partial charge in [0, 0.05) is 30.1 Å². The number of fused-ring (bicyclic) bond motifs is 1. The minimum atomic E-state index is -4.53. The Labute approximate surface area is 240 Å². The number of rotatable bonds is 9. The van der Waals surface area contributed by atoms with Crippen molar-refractivity contribution in [3.05, 3.63) is 50.5 Å². The molecule has 2 fully saturated rings. The zero-order chi connectivity index (χ0) is 30.3. The average Bonchev–Trinajstić information content (AvgIpc) is 3.32. The van der Waals surface area contributed by atoms with Gasteiger partial charge in [-0.15, -0.1) is 0 Å². The molecule has 3 aromatic rings. The molecule has 2 heterocycles. The molecule has 5 rings (SSSR count). The molecule has 1 saturated heterocycles. The van der Waals surface area contributed by atoms with Crippen LogP contribution in [0.25, 0.3) is 10.9 Å². The molecule has 13 heteroatoms. The number of amides is 1. The summed E-state index contributed by atoms with van der Waals surface area (Å²) in [4.78, 5) is 50.6. The van der Waals surface area contributed by atoms with Gasteiger partial charge in [0.05, 0.1) is 23.7 Å². The Morgan fingerprint density at radius 2 is 1.86 bits per heavy atom. The molecular formula is C29H35F3N6O4. The summed E-state index contributed by atoms with van der Waals surface area (Å²) in [7, 11) is 2.05. The Bertz CT molecular complexity index is 1540. The number of hydrogen-bond acceptors (Lipinski definition) is 9. The van der Waals surface area contributed by atoms with Crippen molar-refractivity contribution >= 4 is 28.3 Å². The van der Waals surface area contributed by atoms with Crippen LogP contribution in [-0.2, 0) is 11.0 Å². The molecule has 1 aliphatic heterocycles. The molecule has 2 aliphatic rings. The normalized spacial score (nSPS) is 23.4. The van der Waals surface area contributed by atoms with Crippen LogP contribution < -0.4 is 26.2 Å². The number of nitrogens with one attached hydrogen (secondary N) is 2. The van der Waals surface area contributed by atoms with Crippen molar-refractivity contribution in [2.75, 3.05) is 30.8 Å². The fraction of sp³-hybridized carbons (Fsp3) is 0.552. The molecule has 0 unspecified atom stereocenters. The minimum absolute atomic E-state index is 0.0294. The quantitative estimate of drug-likeness (QED) is 0.363. The van der Waals surface area contributed by atoms with Crippen molar-refractivity contribution in [2.24, 2.45) is 0 Å². The van der Waals surface area contributed by atoms with E-state index >= 15 is 0 Å². The van der Waals surface area contributed by atoms with Crippen molar-refractivity contribution in [1.29, 1.82) is 0 Å². The van der Waals surface area contributed by atoms with Gasteiger partial charge in [0.1, 0.15) is 23.9 Å². The van der Waals surface area contributed by atoms with E-state index in [0.29, 0.717) is 37.4 Å². The van der Waals surface area contributed by atoms with E-state index in [1.165, 1.54) is 12.4 Å². The zero-order valence-corrected chi connectivity index (χ0v) is 24.0. The predicted octanol–water partition coefficient (Wildman–Crippen LogP) is 3.40. The second kappa shape index (κ2) is 11.5. The first-order valence-electron chi connectivity index (χ1n) is 14.2. The van der Waals surface area contributed by atoms with Crippen LogP contribution in [0, 0.1) is 0 Å². The molecule has 1 saturated carbocycles. The largest absolute Gasteiger partial charge is 0.488 e. The van der Waals surface area contributed by atoms with Crippen molar-refractivity contribution in [1.82, 2.24) is 19.8 Å². The van der Waals surface area contributed by atoms with Crippen LogP contribution in [0.2, 0.25) is 0 Å². The first kappa shape index (κ1) is 29.7. The highest BCUT2D eigenvalue weighted by Crippen LogP contribution is 2.35. The van der Waals surface area contributed by atoms with Crippen LogP contribution in [0.4, 0.5) is 24.7 Å². The summed E-state index contributed by atoms with van der Waals surface area (Å²) in [5.74, 6) is -0.00805. The van der Waals surface area contributed by atoms with Gasteiger partial charge >= 0.3 is 6.18 Å². The van der Waals surface area contributed by atoms with Gasteiger partial charge in [-0.05, 0) is 71.7 Å². The van der Waals surface area contributed by atoms with Crippen LogP contribution in [0.5, 0.6) is 5.75 Å². The monoisotopic (exact) mass is 588 g/mol. The maximum Gasteiger partial charge on any atom is 0.416 e. The molecule has 0 bridgehead atoms. The number of likely N-dealkylation sites (tertiary alicyclic amines) is 1. The maximum atomic E-state index is 13.7. The first-order chi connectivity index (χ1) is 19.9. The Hall–Kier alpha value is -3.74. The summed E-state index contributed by atoms with van der Waals surface area (Å²) in [6.07, 6.45) is -0.713. The van der Waals surface area contributed by atoms with E-state index in [0.717, 1.165) is 18.6 Å². The second-order valence-electron chi connectivity index (χ2n) is 11.3. The number of anilines is 2. The number of hydrogen-bond donors (Lipinski definition) is 2. The summed E-state index contributed by atoms with van der Waals surface area (Å²) in [6.45, 7) is 6.61. The first-order valence-corrected chi connectivity index (χ1v) is 14.2. The smallest absolute Gasteiger partial charge is 0.416 e. The number of alkyl halides is 3. The summed E-state index contributed by atoms with van der Waals surface area (Å²) >= 11 is 0. The summed E-state index contributed by atoms with van der Waals surface area (Å²) in [5.41, 5.74) is -1.63. The second-order valence-corrected chi connectivity index (χ2v) is 11.3. The molecule has 2 aromatic carbocycles. The molecule has 1 aliphatic carbocycles. The fourth-order valence-corrected chi connectivity index (χ4v) is 6.10. The number of carbonyl (C=O) groups excluding carboxylic acids is 1. The predicted molar refractivity (Wildman–Crippen MR) is 153 cm³/mol. The zero-order valence-electron chi connectivity index (χ0n) is 24.0. The van der Waals surface area contributed by atoms with Gasteiger partial charge in [0.15, 0.2) is 5.75 Å². The Morgan fingerprint density at radius 3 is 2.55 bits per heavy atom. The third-order valence-corrected chi connectivity index (χ3v) is 8.58. The third kappa shape index (κ3) is 5.53. The molecule has 4 atom stereocenters. The third-order valence-electron chi connectivity index (χ3n) is 8.58. The van der Waals surface area contributed by atoms with E-state index in [9.17, 15) is 27.6 Å². The molecule has 42 heavy (non-hydrogen) atoms. The molecule has 2 N–H and O–H groups in total. The van der Waals surface area contributed by atoms with E-state index in [4.69, 9.17) is 4.74 Å². The van der Waals surface area contributed by atoms with Gasteiger partial charge in [-0.3, -0.25) is 14.4 Å². The number of aromatic nitrogens is 2. The Balaban J connectivity index is 1.38. The van der Waals surface area contributed by atoms with E-state index in [-0.39, 0.29) is 53.3 Å². The lowest BCUT2D eigenvalue weighted by molar-refractivity contribution is -0.137. The lowest BCUT2D eigenvalue weighted by Crippen LogP contribution is -2.56. The molecular weight excluding hydrogens is 553 g/mol. The van der Waals surface area contributed by atoms with Crippen LogP contribution in [0.15, 0.2) is 34.1 Å². The molecule has 0 spiro atoms. The topological polar surface area (TPSA) is 117 Å². The molecule has 1 aromatic heterocycles. The van der Waals surface area contributed by atoms with Gasteiger partial charge in [0.25, 0.3) is 10.9 Å². The van der Waals surface area contributed by atoms with E-state index in [1.54, 1.807) is 11.8 Å². The molecule has 1 amide bonds. The van der Waals surface area contributed by atoms with Gasteiger partial charge in [0.2, 0.25) is 5.91 Å². The average molecular weight is 589 g/mol. The van der Waals surface area contributed by atoms with Crippen LogP contribution in [0.1, 0.15) is 52.0 Å². The maximum absolute atomic E-state index is 13.7. The molecule has 226 valence electrons. The fourth-order valence-electron chi connectivity index (χ4n) is 6.10. The highest BCUT2D eigenvalue weighted by Gasteiger charge is 2.44. The highest BCUT2D eigenvalue weighted by molar-refractivity contribution is 5.93. The van der Waals surface area contributed by atoms with Crippen molar-refractivity contribution in [3.63, 3.8) is 0 Å². The van der Waals surface area contributed by atoms with Gasteiger partial charge in [-0.25, -0.2) is 9.97 Å². The van der Waals surface area contributed by atoms with Crippen LogP contribution >= 0.6 is 0 Å². The number of ether oxygens (including phenoxy) is 1. The number of benzene rings is 1. The summed E-state index contributed by atoms with van der Waals surface area (Å²) in [6, 6.07) is 2.45. The Morgan fingerprint density at radius 1 is 1.10 bits per heavy atom. The van der Waals surface area contributed by atoms with Gasteiger partial charge < -0.3 is 25.2 Å². The van der Waals surface area contributed by atoms with Crippen LogP contribution in [0.3, 0.4) is 0 Å². The van der Waals surface area contributed by atoms with E-state index in [1.807, 2.05) is 7.05 Å². The summed E-state index contributed by atoms with van der Waals surface area (Å²) < 4.78 is 45.6. The number of halogens is 3. The molecule has 10 nitrogen and oxygen atoms in total. The van der Waals surface area contributed by atoms with Gasteiger partial charge in [-0.1, -0.05) is 0 Å². The Kier molecular flexibility index (Phi) is 8.15. The highest BCUT2D eigenvalue weighted by atomic mass is 19.4. The molecule has 0 radical (unpaired) electrons. The summed E-state index contributed by atoms with van der Waals surface area (Å²) in [5, 5.41) is 6.52. The van der Waals surface area contributed by atoms with E-state index < -0.39 is 28.6 Å². The SMILES string of the molecule is CCOc1c(N[C@@H]2C[C@H](N(C)C(C)C)CC[C@@H]2N2CC[C@H](Nc3ncnc4ccc(C(F)(F)F)cc34)C2=O)c(=O)c1=O. The standard InChI is InChI=1S/C29H35F3N6O4/c1-5-42-26-23(24(39)25(26)40)35-21-13-17(37(4)15(2)3)7-9-22(21)38-11-10-20(28(38)41)36-27-18-12-16(29(30,31)32)6-8-19(18)33-14-34-27/h6,8,12,14-15,17,20-22,35H,5,7,9-11,13H2,1-4H3,(H,33,34,36)/t17-,20+,21-,22+/m1/s1. The minimum Gasteiger partial charge on any atom is -0.488 e. The lowest BCUT2D eigenvalue weighted by atomic mass is 9.84. The van der Waals surface area contributed by atoms with Crippen molar-refractivity contribution in [3.8, 4) is 5.75 Å². The number of nitrogens with zero attached hydrogens (tertiary/aromatic N) is 4. The number of carbonyl (C=O) groups is 1. The van der Waals surface area contributed by atoms with E-state index in [2.05, 4.69) is 39.3 Å². The van der Waals surface area contributed by atoms with Crippen LogP contribution in [-0.4, -0.2) is 76.1 Å². The van der Waals surface area contributed by atoms with Crippen molar-refractivity contribution in [2.45, 2.75) is 82.8 Å². The van der Waals surface area contributed by atoms with Crippen molar-refractivity contribution < 1.29 is 22.7 Å². The lowest BCUT2D eigenvalue weighted by Gasteiger charge is -2.45. The van der Waals surface area contributed by atoms with Gasteiger partial charge in [-0.2, -0.15) is 13.2 Å².